The lowest BCUT2D eigenvalue weighted by Crippen LogP contribution is -2.30. The van der Waals surface area contributed by atoms with Gasteiger partial charge in [0.1, 0.15) is 10.7 Å². The highest BCUT2D eigenvalue weighted by molar-refractivity contribution is 7.17. The van der Waals surface area contributed by atoms with Gasteiger partial charge in [0, 0.05) is 29.6 Å². The Bertz CT molecular complexity index is 1130. The predicted molar refractivity (Wildman–Crippen MR) is 135 cm³/mol. The van der Waals surface area contributed by atoms with Crippen molar-refractivity contribution in [2.45, 2.75) is 59.3 Å². The Morgan fingerprint density at radius 1 is 1.21 bits per heavy atom. The first-order chi connectivity index (χ1) is 16.1. The number of nitrogens with one attached hydrogen (secondary N) is 1. The molecule has 2 heterocycles. The summed E-state index contributed by atoms with van der Waals surface area (Å²) >= 11 is 1.39. The van der Waals surface area contributed by atoms with Gasteiger partial charge in [0.25, 0.3) is 17.5 Å². The van der Waals surface area contributed by atoms with Crippen LogP contribution < -0.4 is 16.0 Å². The van der Waals surface area contributed by atoms with Crippen molar-refractivity contribution in [3.8, 4) is 0 Å². The summed E-state index contributed by atoms with van der Waals surface area (Å²) in [7, 11) is 0. The van der Waals surface area contributed by atoms with E-state index in [2.05, 4.69) is 26.1 Å². The second kappa shape index (κ2) is 9.37. The molecule has 0 spiro atoms. The Kier molecular flexibility index (Phi) is 6.66. The lowest BCUT2D eigenvalue weighted by molar-refractivity contribution is -0.384. The van der Waals surface area contributed by atoms with E-state index in [0.717, 1.165) is 62.1 Å². The molecular weight excluding hydrogens is 452 g/mol. The zero-order valence-electron chi connectivity index (χ0n) is 20.0. The third kappa shape index (κ3) is 4.80. The summed E-state index contributed by atoms with van der Waals surface area (Å²) in [6.07, 6.45) is 5.66. The normalized spacial score (nSPS) is 18.3. The van der Waals surface area contributed by atoms with Crippen LogP contribution in [0.4, 0.5) is 16.4 Å². The maximum atomic E-state index is 13.1. The van der Waals surface area contributed by atoms with Crippen LogP contribution in [-0.4, -0.2) is 29.8 Å². The Hall–Kier alpha value is -2.94. The number of rotatable bonds is 5. The van der Waals surface area contributed by atoms with Crippen LogP contribution in [-0.2, 0) is 12.8 Å². The second-order valence-corrected chi connectivity index (χ2v) is 11.4. The van der Waals surface area contributed by atoms with Crippen molar-refractivity contribution < 1.29 is 14.5 Å². The van der Waals surface area contributed by atoms with Crippen molar-refractivity contribution in [1.29, 1.82) is 0 Å². The molecule has 0 saturated carbocycles. The molecule has 1 saturated heterocycles. The number of anilines is 2. The van der Waals surface area contributed by atoms with Crippen LogP contribution in [0, 0.1) is 21.4 Å². The number of amides is 2. The molecule has 182 valence electrons. The molecule has 3 N–H and O–H groups in total. The zero-order valence-corrected chi connectivity index (χ0v) is 20.8. The van der Waals surface area contributed by atoms with E-state index in [1.54, 1.807) is 12.1 Å². The SMILES string of the molecule is CC(C)(C)C1CCc2c(sc(NC(=O)c3ccc(N4CCCCC4)c([N+](=O)[O-])c3)c2C(N)=O)C1. The van der Waals surface area contributed by atoms with Crippen LogP contribution in [0.5, 0.6) is 0 Å². The molecule has 1 unspecified atom stereocenters. The Morgan fingerprint density at radius 2 is 1.91 bits per heavy atom. The number of carbonyl (C=O) groups is 2. The third-order valence-electron chi connectivity index (χ3n) is 7.09. The molecule has 0 bridgehead atoms. The molecule has 2 aromatic rings. The summed E-state index contributed by atoms with van der Waals surface area (Å²) in [5.74, 6) is -0.567. The molecule has 1 fully saturated rings. The van der Waals surface area contributed by atoms with Gasteiger partial charge in [0.2, 0.25) is 0 Å². The summed E-state index contributed by atoms with van der Waals surface area (Å²) in [6.45, 7) is 8.19. The lowest BCUT2D eigenvalue weighted by Gasteiger charge is -2.33. The van der Waals surface area contributed by atoms with E-state index in [4.69, 9.17) is 5.73 Å². The number of nitrogens with two attached hydrogens (primary N) is 1. The average Bonchev–Trinajstić information content (AvgIpc) is 3.15. The highest BCUT2D eigenvalue weighted by Crippen LogP contribution is 2.44. The Balaban J connectivity index is 1.62. The molecule has 1 aromatic carbocycles. The van der Waals surface area contributed by atoms with E-state index in [0.29, 0.717) is 22.2 Å². The Labute approximate surface area is 203 Å². The summed E-state index contributed by atoms with van der Waals surface area (Å²) < 4.78 is 0. The molecular formula is C25H32N4O4S. The van der Waals surface area contributed by atoms with Crippen LogP contribution in [0.1, 0.15) is 77.6 Å². The predicted octanol–water partition coefficient (Wildman–Crippen LogP) is 5.15. The van der Waals surface area contributed by atoms with E-state index < -0.39 is 16.7 Å². The first-order valence-corrected chi connectivity index (χ1v) is 12.7. The highest BCUT2D eigenvalue weighted by Gasteiger charge is 2.34. The molecule has 34 heavy (non-hydrogen) atoms. The lowest BCUT2D eigenvalue weighted by atomic mass is 9.72. The summed E-state index contributed by atoms with van der Waals surface area (Å²) in [5, 5.41) is 15.0. The topological polar surface area (TPSA) is 119 Å². The summed E-state index contributed by atoms with van der Waals surface area (Å²) in [4.78, 5) is 39.8. The molecule has 1 aliphatic carbocycles. The van der Waals surface area contributed by atoms with Crippen LogP contribution in [0.15, 0.2) is 18.2 Å². The van der Waals surface area contributed by atoms with Gasteiger partial charge in [-0.15, -0.1) is 11.3 Å². The van der Waals surface area contributed by atoms with Gasteiger partial charge in [-0.25, -0.2) is 0 Å². The van der Waals surface area contributed by atoms with E-state index in [9.17, 15) is 19.7 Å². The monoisotopic (exact) mass is 484 g/mol. The van der Waals surface area contributed by atoms with E-state index in [1.165, 1.54) is 17.4 Å². The number of nitro groups is 1. The van der Waals surface area contributed by atoms with Gasteiger partial charge < -0.3 is 16.0 Å². The van der Waals surface area contributed by atoms with Crippen molar-refractivity contribution in [2.24, 2.45) is 17.1 Å². The maximum Gasteiger partial charge on any atom is 0.293 e. The first kappa shape index (κ1) is 24.2. The minimum absolute atomic E-state index is 0.0804. The number of fused-ring (bicyclic) bond motifs is 1. The number of nitro benzene ring substituents is 1. The number of hydrogen-bond donors (Lipinski definition) is 2. The fourth-order valence-corrected chi connectivity index (χ4v) is 6.39. The highest BCUT2D eigenvalue weighted by atomic mass is 32.1. The Morgan fingerprint density at radius 3 is 2.53 bits per heavy atom. The third-order valence-corrected chi connectivity index (χ3v) is 8.26. The number of thiophene rings is 1. The fraction of sp³-hybridized carbons (Fsp3) is 0.520. The number of primary amides is 1. The molecule has 1 aromatic heterocycles. The molecule has 9 heteroatoms. The van der Waals surface area contributed by atoms with Gasteiger partial charge in [-0.1, -0.05) is 20.8 Å². The minimum atomic E-state index is -0.562. The van der Waals surface area contributed by atoms with Crippen LogP contribution in [0.3, 0.4) is 0 Å². The maximum absolute atomic E-state index is 13.1. The number of benzene rings is 1. The van der Waals surface area contributed by atoms with Gasteiger partial charge in [-0.3, -0.25) is 19.7 Å². The number of carbonyl (C=O) groups excluding carboxylic acids is 2. The number of nitrogens with zero attached hydrogens (tertiary/aromatic N) is 2. The molecule has 2 aliphatic rings. The van der Waals surface area contributed by atoms with Crippen molar-refractivity contribution in [3.63, 3.8) is 0 Å². The van der Waals surface area contributed by atoms with Crippen molar-refractivity contribution >= 4 is 39.5 Å². The second-order valence-electron chi connectivity index (χ2n) is 10.3. The summed E-state index contributed by atoms with van der Waals surface area (Å²) in [6, 6.07) is 4.59. The van der Waals surface area contributed by atoms with Gasteiger partial charge in [-0.05, 0) is 67.6 Å². The van der Waals surface area contributed by atoms with Crippen LogP contribution >= 0.6 is 11.3 Å². The molecule has 0 radical (unpaired) electrons. The number of piperidine rings is 1. The van der Waals surface area contributed by atoms with E-state index >= 15 is 0 Å². The van der Waals surface area contributed by atoms with E-state index in [1.807, 2.05) is 4.90 Å². The zero-order chi connectivity index (χ0) is 24.6. The average molecular weight is 485 g/mol. The minimum Gasteiger partial charge on any atom is -0.366 e. The van der Waals surface area contributed by atoms with Gasteiger partial charge in [0.05, 0.1) is 10.5 Å². The first-order valence-electron chi connectivity index (χ1n) is 11.9. The molecule has 8 nitrogen and oxygen atoms in total. The molecule has 1 aliphatic heterocycles. The standard InChI is InChI=1S/C25H32N4O4S/c1-25(2,3)16-8-9-17-20(14-16)34-24(21(17)22(26)30)27-23(31)15-7-10-18(19(13-15)29(32)33)28-11-5-4-6-12-28/h7,10,13,16H,4-6,8-9,11-12,14H2,1-3H3,(H2,26,30)(H,27,31). The largest absolute Gasteiger partial charge is 0.366 e. The number of hydrogen-bond acceptors (Lipinski definition) is 6. The van der Waals surface area contributed by atoms with Gasteiger partial charge in [0.15, 0.2) is 0 Å². The fourth-order valence-electron chi connectivity index (χ4n) is 5.06. The van der Waals surface area contributed by atoms with E-state index in [-0.39, 0.29) is 16.7 Å². The van der Waals surface area contributed by atoms with Gasteiger partial charge >= 0.3 is 0 Å². The van der Waals surface area contributed by atoms with Gasteiger partial charge in [-0.2, -0.15) is 0 Å². The smallest absolute Gasteiger partial charge is 0.293 e. The molecule has 1 atom stereocenters. The molecule has 4 rings (SSSR count). The molecule has 2 amide bonds. The quantitative estimate of drug-likeness (QED) is 0.449. The summed E-state index contributed by atoms with van der Waals surface area (Å²) in [5.41, 5.74) is 7.80. The van der Waals surface area contributed by atoms with Crippen molar-refractivity contribution in [3.05, 3.63) is 49.9 Å². The van der Waals surface area contributed by atoms with Crippen molar-refractivity contribution in [2.75, 3.05) is 23.3 Å². The van der Waals surface area contributed by atoms with Crippen LogP contribution in [0.25, 0.3) is 0 Å². The van der Waals surface area contributed by atoms with Crippen LogP contribution in [0.2, 0.25) is 0 Å². The van der Waals surface area contributed by atoms with Crippen molar-refractivity contribution in [1.82, 2.24) is 0 Å².